The molecular weight excluding hydrogens is 382 g/mol. The number of esters is 2. The van der Waals surface area contributed by atoms with Crippen LogP contribution >= 0.6 is 0 Å². The van der Waals surface area contributed by atoms with Crippen LogP contribution in [0.3, 0.4) is 0 Å². The van der Waals surface area contributed by atoms with Crippen molar-refractivity contribution in [2.75, 3.05) is 19.8 Å². The van der Waals surface area contributed by atoms with Crippen LogP contribution in [-0.4, -0.2) is 47.9 Å². The number of nitrogens with zero attached hydrogens (tertiary/aromatic N) is 1. The minimum Gasteiger partial charge on any atom is -0.465 e. The molecule has 0 bridgehead atoms. The second-order valence-corrected chi connectivity index (χ2v) is 9.70. The third kappa shape index (κ3) is 6.81. The fourth-order valence-corrected chi connectivity index (χ4v) is 4.40. The summed E-state index contributed by atoms with van der Waals surface area (Å²) in [5, 5.41) is 2.06. The highest BCUT2D eigenvalue weighted by Gasteiger charge is 2.49. The molecule has 1 aliphatic heterocycles. The first-order chi connectivity index (χ1) is 13.9. The summed E-state index contributed by atoms with van der Waals surface area (Å²) in [6.45, 7) is 16.9. The molecule has 6 nitrogen and oxygen atoms in total. The highest BCUT2D eigenvalue weighted by molar-refractivity contribution is 6.00. The summed E-state index contributed by atoms with van der Waals surface area (Å²) in [5.74, 6) is -1.04. The van der Waals surface area contributed by atoms with Crippen LogP contribution < -0.4 is 0 Å². The quantitative estimate of drug-likeness (QED) is 0.257. The van der Waals surface area contributed by atoms with Crippen LogP contribution in [0.2, 0.25) is 0 Å². The largest absolute Gasteiger partial charge is 0.465 e. The minimum absolute atomic E-state index is 0.111. The van der Waals surface area contributed by atoms with Gasteiger partial charge in [-0.1, -0.05) is 11.6 Å². The van der Waals surface area contributed by atoms with E-state index in [9.17, 15) is 9.59 Å². The molecular formula is C24H43NO5. The summed E-state index contributed by atoms with van der Waals surface area (Å²) in [6.07, 6.45) is 6.43. The first-order valence-electron chi connectivity index (χ1n) is 11.3. The summed E-state index contributed by atoms with van der Waals surface area (Å²) in [7, 11) is 0. The molecule has 1 aliphatic rings. The molecule has 1 heterocycles. The van der Waals surface area contributed by atoms with Gasteiger partial charge in [0, 0.05) is 11.1 Å². The van der Waals surface area contributed by atoms with Gasteiger partial charge >= 0.3 is 11.9 Å². The van der Waals surface area contributed by atoms with Gasteiger partial charge in [0.1, 0.15) is 0 Å². The Kier molecular flexibility index (Phi) is 10.0. The third-order valence-electron chi connectivity index (χ3n) is 5.88. The molecule has 1 fully saturated rings. The maximum absolute atomic E-state index is 13.0. The summed E-state index contributed by atoms with van der Waals surface area (Å²) in [4.78, 5) is 32.2. The monoisotopic (exact) mass is 425 g/mol. The van der Waals surface area contributed by atoms with Crippen LogP contribution in [0, 0.1) is 5.41 Å². The molecule has 1 rings (SSSR count). The number of rotatable bonds is 11. The Bertz CT molecular complexity index is 571. The maximum atomic E-state index is 13.0. The summed E-state index contributed by atoms with van der Waals surface area (Å²) < 4.78 is 10.7. The molecule has 0 aromatic carbocycles. The average molecular weight is 426 g/mol. The van der Waals surface area contributed by atoms with E-state index >= 15 is 0 Å². The van der Waals surface area contributed by atoms with Crippen molar-refractivity contribution >= 4 is 11.9 Å². The van der Waals surface area contributed by atoms with Gasteiger partial charge in [0.15, 0.2) is 5.41 Å². The molecule has 0 unspecified atom stereocenters. The topological polar surface area (TPSA) is 65.1 Å². The van der Waals surface area contributed by atoms with Crippen molar-refractivity contribution in [2.24, 2.45) is 5.41 Å². The van der Waals surface area contributed by atoms with Gasteiger partial charge in [-0.25, -0.2) is 0 Å². The van der Waals surface area contributed by atoms with E-state index in [1.54, 1.807) is 13.8 Å². The van der Waals surface area contributed by atoms with Gasteiger partial charge < -0.3 is 9.47 Å². The Morgan fingerprint density at radius 2 is 1.43 bits per heavy atom. The van der Waals surface area contributed by atoms with E-state index in [1.165, 1.54) is 0 Å². The molecule has 1 saturated heterocycles. The van der Waals surface area contributed by atoms with Crippen LogP contribution in [0.25, 0.3) is 0 Å². The van der Waals surface area contributed by atoms with Crippen LogP contribution in [0.15, 0.2) is 11.6 Å². The van der Waals surface area contributed by atoms with Gasteiger partial charge in [-0.05, 0) is 93.9 Å². The predicted molar refractivity (Wildman–Crippen MR) is 119 cm³/mol. The third-order valence-corrected chi connectivity index (χ3v) is 5.88. The van der Waals surface area contributed by atoms with E-state index in [0.717, 1.165) is 24.8 Å². The van der Waals surface area contributed by atoms with Crippen LogP contribution in [0.4, 0.5) is 0 Å². The zero-order valence-electron chi connectivity index (χ0n) is 20.4. The van der Waals surface area contributed by atoms with E-state index in [0.29, 0.717) is 12.8 Å². The van der Waals surface area contributed by atoms with E-state index in [2.05, 4.69) is 32.8 Å². The van der Waals surface area contributed by atoms with Crippen molar-refractivity contribution in [3.63, 3.8) is 0 Å². The molecule has 0 atom stereocenters. The molecule has 6 heteroatoms. The lowest BCUT2D eigenvalue weighted by molar-refractivity contribution is -0.283. The number of hydroxylamine groups is 2. The van der Waals surface area contributed by atoms with Crippen molar-refractivity contribution in [1.82, 2.24) is 5.06 Å². The minimum atomic E-state index is -1.36. The fraction of sp³-hybridized carbons (Fsp3) is 0.833. The normalized spacial score (nSPS) is 18.5. The molecule has 0 radical (unpaired) electrons. The Balaban J connectivity index is 3.08. The SMILES string of the molecule is CCOC(=O)C(CCC=C(C)C)(CCON1C(C)(C)CCCC1(C)C)C(=O)OCC. The van der Waals surface area contributed by atoms with Gasteiger partial charge in [0.25, 0.3) is 0 Å². The average Bonchev–Trinajstić information content (AvgIpc) is 2.62. The zero-order valence-corrected chi connectivity index (χ0v) is 20.4. The van der Waals surface area contributed by atoms with E-state index < -0.39 is 17.4 Å². The van der Waals surface area contributed by atoms with E-state index in [-0.39, 0.29) is 37.3 Å². The number of hydrogen-bond acceptors (Lipinski definition) is 6. The highest BCUT2D eigenvalue weighted by Crippen LogP contribution is 2.39. The summed E-state index contributed by atoms with van der Waals surface area (Å²) in [5.41, 5.74) is -0.437. The molecule has 0 aliphatic carbocycles. The van der Waals surface area contributed by atoms with Crippen molar-refractivity contribution in [2.45, 2.75) is 105 Å². The summed E-state index contributed by atoms with van der Waals surface area (Å²) >= 11 is 0. The highest BCUT2D eigenvalue weighted by atomic mass is 16.7. The number of carbonyl (C=O) groups is 2. The van der Waals surface area contributed by atoms with E-state index in [1.807, 2.05) is 19.9 Å². The lowest BCUT2D eigenvalue weighted by Crippen LogP contribution is -2.58. The number of carbonyl (C=O) groups excluding carboxylic acids is 2. The van der Waals surface area contributed by atoms with Crippen molar-refractivity contribution in [3.8, 4) is 0 Å². The molecule has 0 saturated carbocycles. The number of ether oxygens (including phenoxy) is 2. The molecule has 0 aromatic rings. The smallest absolute Gasteiger partial charge is 0.323 e. The maximum Gasteiger partial charge on any atom is 0.323 e. The van der Waals surface area contributed by atoms with Gasteiger partial charge in [0.05, 0.1) is 19.8 Å². The Hall–Kier alpha value is -1.40. The lowest BCUT2D eigenvalue weighted by Gasteiger charge is -2.51. The van der Waals surface area contributed by atoms with Crippen LogP contribution in [0.5, 0.6) is 0 Å². The Labute approximate surface area is 183 Å². The van der Waals surface area contributed by atoms with E-state index in [4.69, 9.17) is 14.3 Å². The van der Waals surface area contributed by atoms with Crippen molar-refractivity contribution < 1.29 is 23.9 Å². The first-order valence-corrected chi connectivity index (χ1v) is 11.3. The van der Waals surface area contributed by atoms with Crippen LogP contribution in [-0.2, 0) is 23.9 Å². The number of hydrogen-bond donors (Lipinski definition) is 0. The number of allylic oxidation sites excluding steroid dienone is 2. The summed E-state index contributed by atoms with van der Waals surface area (Å²) in [6, 6.07) is 0. The molecule has 0 N–H and O–H groups in total. The fourth-order valence-electron chi connectivity index (χ4n) is 4.40. The van der Waals surface area contributed by atoms with Gasteiger partial charge in [-0.3, -0.25) is 14.4 Å². The Morgan fingerprint density at radius 3 is 1.87 bits per heavy atom. The standard InChI is InChI=1S/C24H43NO5/c1-9-28-20(26)24(21(27)29-10-2,16-11-13-19(3)4)17-18-30-25-22(5,6)14-12-15-23(25,7)8/h13H,9-12,14-18H2,1-8H3. The van der Waals surface area contributed by atoms with Crippen molar-refractivity contribution in [1.29, 1.82) is 0 Å². The molecule has 0 aromatic heterocycles. The van der Waals surface area contributed by atoms with Gasteiger partial charge in [-0.2, -0.15) is 5.06 Å². The first kappa shape index (κ1) is 26.6. The molecule has 0 spiro atoms. The number of piperidine rings is 1. The zero-order chi connectivity index (χ0) is 23.0. The lowest BCUT2D eigenvalue weighted by atomic mass is 9.79. The second-order valence-electron chi connectivity index (χ2n) is 9.70. The molecule has 0 amide bonds. The molecule has 30 heavy (non-hydrogen) atoms. The van der Waals surface area contributed by atoms with Crippen molar-refractivity contribution in [3.05, 3.63) is 11.6 Å². The Morgan fingerprint density at radius 1 is 0.933 bits per heavy atom. The second kappa shape index (κ2) is 11.3. The van der Waals surface area contributed by atoms with Crippen LogP contribution in [0.1, 0.15) is 93.9 Å². The predicted octanol–water partition coefficient (Wildman–Crippen LogP) is 5.21. The van der Waals surface area contributed by atoms with Gasteiger partial charge in [0.2, 0.25) is 0 Å². The van der Waals surface area contributed by atoms with Gasteiger partial charge in [-0.15, -0.1) is 0 Å². The molecule has 174 valence electrons.